The lowest BCUT2D eigenvalue weighted by Crippen LogP contribution is -1.99. The molecule has 0 aliphatic rings. The third kappa shape index (κ3) is 2.48. The van der Waals surface area contributed by atoms with Crippen molar-refractivity contribution < 1.29 is 4.39 Å². The van der Waals surface area contributed by atoms with Crippen molar-refractivity contribution in [2.75, 3.05) is 0 Å². The van der Waals surface area contributed by atoms with Crippen molar-refractivity contribution in [3.05, 3.63) is 29.8 Å². The zero-order valence-corrected chi connectivity index (χ0v) is 10.5. The molecule has 1 aromatic heterocycles. The van der Waals surface area contributed by atoms with E-state index in [1.807, 2.05) is 6.07 Å². The summed E-state index contributed by atoms with van der Waals surface area (Å²) in [4.78, 5) is 7.65. The third-order valence-corrected chi connectivity index (χ3v) is 3.27. The number of para-hydroxylation sites is 1. The van der Waals surface area contributed by atoms with Crippen LogP contribution in [-0.2, 0) is 0 Å². The lowest BCUT2D eigenvalue weighted by Gasteiger charge is -2.10. The van der Waals surface area contributed by atoms with Gasteiger partial charge in [-0.1, -0.05) is 32.8 Å². The van der Waals surface area contributed by atoms with Crippen molar-refractivity contribution in [1.29, 1.82) is 0 Å². The number of nitrogens with one attached hydrogen (secondary N) is 1. The molecule has 0 radical (unpaired) electrons. The van der Waals surface area contributed by atoms with Gasteiger partial charge in [-0.15, -0.1) is 0 Å². The Morgan fingerprint density at radius 1 is 1.35 bits per heavy atom. The smallest absolute Gasteiger partial charge is 0.151 e. The average Bonchev–Trinajstić information content (AvgIpc) is 2.75. The molecule has 0 saturated carbocycles. The predicted octanol–water partition coefficient (Wildman–Crippen LogP) is 4.39. The van der Waals surface area contributed by atoms with Crippen LogP contribution in [0.3, 0.4) is 0 Å². The number of rotatable bonds is 5. The molecule has 0 amide bonds. The second-order valence-electron chi connectivity index (χ2n) is 4.51. The first-order valence-corrected chi connectivity index (χ1v) is 6.40. The number of halogens is 1. The highest BCUT2D eigenvalue weighted by Gasteiger charge is 2.14. The summed E-state index contributed by atoms with van der Waals surface area (Å²) in [7, 11) is 0. The molecule has 92 valence electrons. The van der Waals surface area contributed by atoms with Crippen LogP contribution < -0.4 is 0 Å². The molecule has 1 heterocycles. The van der Waals surface area contributed by atoms with E-state index in [1.165, 1.54) is 18.9 Å². The Kier molecular flexibility index (Phi) is 3.77. The molecule has 0 aliphatic heterocycles. The maximum atomic E-state index is 13.5. The molecular weight excluding hydrogens is 215 g/mol. The van der Waals surface area contributed by atoms with E-state index in [9.17, 15) is 4.39 Å². The predicted molar refractivity (Wildman–Crippen MR) is 68.6 cm³/mol. The molecular formula is C14H19FN2. The van der Waals surface area contributed by atoms with Gasteiger partial charge in [0.15, 0.2) is 5.82 Å². The second kappa shape index (κ2) is 5.30. The summed E-state index contributed by atoms with van der Waals surface area (Å²) in [6.07, 6.45) is 4.54. The molecule has 17 heavy (non-hydrogen) atoms. The molecule has 1 atom stereocenters. The molecule has 1 N–H and O–H groups in total. The molecule has 3 heteroatoms. The highest BCUT2D eigenvalue weighted by molar-refractivity contribution is 5.75. The fraction of sp³-hybridized carbons (Fsp3) is 0.500. The van der Waals surface area contributed by atoms with Crippen molar-refractivity contribution >= 4 is 11.0 Å². The van der Waals surface area contributed by atoms with E-state index >= 15 is 0 Å². The molecule has 2 rings (SSSR count). The van der Waals surface area contributed by atoms with Gasteiger partial charge in [-0.3, -0.25) is 0 Å². The van der Waals surface area contributed by atoms with E-state index in [-0.39, 0.29) is 5.82 Å². The fourth-order valence-corrected chi connectivity index (χ4v) is 2.19. The molecule has 0 spiro atoms. The summed E-state index contributed by atoms with van der Waals surface area (Å²) in [5.41, 5.74) is 1.27. The highest BCUT2D eigenvalue weighted by Crippen LogP contribution is 2.26. The topological polar surface area (TPSA) is 28.7 Å². The van der Waals surface area contributed by atoms with Crippen LogP contribution in [0.15, 0.2) is 18.2 Å². The van der Waals surface area contributed by atoms with Gasteiger partial charge in [0.05, 0.1) is 5.52 Å². The Morgan fingerprint density at radius 2 is 2.18 bits per heavy atom. The normalized spacial score (nSPS) is 13.1. The number of aromatic amines is 1. The van der Waals surface area contributed by atoms with Gasteiger partial charge in [-0.25, -0.2) is 9.37 Å². The Morgan fingerprint density at radius 3 is 2.82 bits per heavy atom. The lowest BCUT2D eigenvalue weighted by molar-refractivity contribution is 0.548. The summed E-state index contributed by atoms with van der Waals surface area (Å²) >= 11 is 0. The Labute approximate surface area is 101 Å². The van der Waals surface area contributed by atoms with E-state index in [0.29, 0.717) is 11.4 Å². The lowest BCUT2D eigenvalue weighted by atomic mass is 9.99. The molecule has 2 nitrogen and oxygen atoms in total. The minimum atomic E-state index is -0.240. The van der Waals surface area contributed by atoms with Gasteiger partial charge in [-0.2, -0.15) is 0 Å². The van der Waals surface area contributed by atoms with E-state index in [1.54, 1.807) is 6.07 Å². The van der Waals surface area contributed by atoms with E-state index in [4.69, 9.17) is 0 Å². The summed E-state index contributed by atoms with van der Waals surface area (Å²) in [5, 5.41) is 0. The largest absolute Gasteiger partial charge is 0.342 e. The molecule has 0 aliphatic carbocycles. The first-order chi connectivity index (χ1) is 8.26. The number of hydrogen-bond donors (Lipinski definition) is 1. The van der Waals surface area contributed by atoms with Gasteiger partial charge in [0.2, 0.25) is 0 Å². The number of benzene rings is 1. The van der Waals surface area contributed by atoms with Crippen LogP contribution >= 0.6 is 0 Å². The summed E-state index contributed by atoms with van der Waals surface area (Å²) in [6, 6.07) is 5.05. The SMILES string of the molecule is CCCCC(CC)c1nc2c(F)cccc2[nH]1. The van der Waals surface area contributed by atoms with Crippen molar-refractivity contribution in [3.8, 4) is 0 Å². The number of hydrogen-bond acceptors (Lipinski definition) is 1. The van der Waals surface area contributed by atoms with Gasteiger partial charge in [0.25, 0.3) is 0 Å². The molecule has 0 bridgehead atoms. The van der Waals surface area contributed by atoms with Gasteiger partial charge in [0.1, 0.15) is 11.3 Å². The van der Waals surface area contributed by atoms with Crippen molar-refractivity contribution in [1.82, 2.24) is 9.97 Å². The monoisotopic (exact) mass is 234 g/mol. The van der Waals surface area contributed by atoms with Crippen LogP contribution in [0.25, 0.3) is 11.0 Å². The minimum Gasteiger partial charge on any atom is -0.342 e. The number of imidazole rings is 1. The van der Waals surface area contributed by atoms with Gasteiger partial charge < -0.3 is 4.98 Å². The second-order valence-corrected chi connectivity index (χ2v) is 4.51. The quantitative estimate of drug-likeness (QED) is 0.816. The van der Waals surface area contributed by atoms with Gasteiger partial charge >= 0.3 is 0 Å². The van der Waals surface area contributed by atoms with Gasteiger partial charge in [-0.05, 0) is 25.0 Å². The van der Waals surface area contributed by atoms with Crippen LogP contribution in [0.1, 0.15) is 51.3 Å². The van der Waals surface area contributed by atoms with Crippen LogP contribution in [0.2, 0.25) is 0 Å². The molecule has 1 aromatic carbocycles. The summed E-state index contributed by atoms with van der Waals surface area (Å²) in [6.45, 7) is 4.34. The average molecular weight is 234 g/mol. The standard InChI is InChI=1S/C14H19FN2/c1-3-5-7-10(4-2)14-16-12-9-6-8-11(15)13(12)17-14/h6,8-10H,3-5,7H2,1-2H3,(H,16,17). The van der Waals surface area contributed by atoms with Crippen LogP contribution in [0.5, 0.6) is 0 Å². The maximum absolute atomic E-state index is 13.5. The Balaban J connectivity index is 2.31. The van der Waals surface area contributed by atoms with Crippen LogP contribution in [0, 0.1) is 5.82 Å². The molecule has 0 saturated heterocycles. The first kappa shape index (κ1) is 12.1. The van der Waals surface area contributed by atoms with E-state index in [0.717, 1.165) is 24.2 Å². The number of fused-ring (bicyclic) bond motifs is 1. The highest BCUT2D eigenvalue weighted by atomic mass is 19.1. The van der Waals surface area contributed by atoms with Crippen molar-refractivity contribution in [2.45, 2.75) is 45.4 Å². The van der Waals surface area contributed by atoms with Crippen molar-refractivity contribution in [3.63, 3.8) is 0 Å². The van der Waals surface area contributed by atoms with Gasteiger partial charge in [0, 0.05) is 5.92 Å². The van der Waals surface area contributed by atoms with Crippen molar-refractivity contribution in [2.24, 2.45) is 0 Å². The number of nitrogens with zero attached hydrogens (tertiary/aromatic N) is 1. The molecule has 1 unspecified atom stereocenters. The van der Waals surface area contributed by atoms with E-state index < -0.39 is 0 Å². The first-order valence-electron chi connectivity index (χ1n) is 6.40. The Hall–Kier alpha value is -1.38. The molecule has 0 fully saturated rings. The zero-order chi connectivity index (χ0) is 12.3. The van der Waals surface area contributed by atoms with Crippen LogP contribution in [0.4, 0.5) is 4.39 Å². The Bertz CT molecular complexity index is 490. The summed E-state index contributed by atoms with van der Waals surface area (Å²) in [5.74, 6) is 1.11. The molecule has 2 aromatic rings. The minimum absolute atomic E-state index is 0.240. The number of unbranched alkanes of at least 4 members (excludes halogenated alkanes) is 1. The summed E-state index contributed by atoms with van der Waals surface area (Å²) < 4.78 is 13.5. The zero-order valence-electron chi connectivity index (χ0n) is 10.5. The number of H-pyrrole nitrogens is 1. The fourth-order valence-electron chi connectivity index (χ4n) is 2.19. The number of aromatic nitrogens is 2. The maximum Gasteiger partial charge on any atom is 0.151 e. The third-order valence-electron chi connectivity index (χ3n) is 3.27. The van der Waals surface area contributed by atoms with Crippen LogP contribution in [-0.4, -0.2) is 9.97 Å². The van der Waals surface area contributed by atoms with E-state index in [2.05, 4.69) is 23.8 Å².